The van der Waals surface area contributed by atoms with Crippen LogP contribution in [0.4, 0.5) is 11.6 Å². The second kappa shape index (κ2) is 8.31. The third kappa shape index (κ3) is 5.04. The third-order valence-electron chi connectivity index (χ3n) is 4.01. The van der Waals surface area contributed by atoms with Crippen LogP contribution in [0.2, 0.25) is 0 Å². The van der Waals surface area contributed by atoms with Gasteiger partial charge in [0.15, 0.2) is 0 Å². The molecule has 3 aromatic rings. The number of ether oxygens (including phenoxy) is 1. The Bertz CT molecular complexity index is 922. The molecule has 0 saturated heterocycles. The zero-order valence-corrected chi connectivity index (χ0v) is 15.6. The first kappa shape index (κ1) is 18.4. The maximum Gasteiger partial charge on any atom is 0.274 e. The predicted molar refractivity (Wildman–Crippen MR) is 106 cm³/mol. The molecule has 2 N–H and O–H groups in total. The Morgan fingerprint density at radius 1 is 1.00 bits per heavy atom. The van der Waals surface area contributed by atoms with E-state index in [4.69, 9.17) is 4.74 Å². The van der Waals surface area contributed by atoms with Gasteiger partial charge in [0, 0.05) is 17.9 Å². The van der Waals surface area contributed by atoms with E-state index in [-0.39, 0.29) is 5.91 Å². The number of aromatic nitrogens is 2. The molecule has 1 amide bonds. The number of aryl methyl sites for hydroxylation is 2. The normalized spacial score (nSPS) is 10.3. The van der Waals surface area contributed by atoms with E-state index in [0.717, 1.165) is 28.3 Å². The van der Waals surface area contributed by atoms with Crippen molar-refractivity contribution in [3.63, 3.8) is 0 Å². The lowest BCUT2D eigenvalue weighted by atomic mass is 10.2. The molecule has 1 heterocycles. The number of rotatable bonds is 6. The van der Waals surface area contributed by atoms with Crippen molar-refractivity contribution in [1.29, 1.82) is 0 Å². The van der Waals surface area contributed by atoms with Crippen molar-refractivity contribution >= 4 is 17.5 Å². The summed E-state index contributed by atoms with van der Waals surface area (Å²) in [6, 6.07) is 17.0. The van der Waals surface area contributed by atoms with Crippen molar-refractivity contribution in [3.8, 4) is 5.75 Å². The Labute approximate surface area is 158 Å². The molecule has 6 nitrogen and oxygen atoms in total. The van der Waals surface area contributed by atoms with Crippen molar-refractivity contribution in [2.24, 2.45) is 0 Å². The minimum Gasteiger partial charge on any atom is -0.497 e. The summed E-state index contributed by atoms with van der Waals surface area (Å²) in [6.07, 6.45) is 0. The highest BCUT2D eigenvalue weighted by Crippen LogP contribution is 2.14. The lowest BCUT2D eigenvalue weighted by Crippen LogP contribution is -2.16. The summed E-state index contributed by atoms with van der Waals surface area (Å²) >= 11 is 0. The van der Waals surface area contributed by atoms with Crippen molar-refractivity contribution in [2.75, 3.05) is 17.7 Å². The Morgan fingerprint density at radius 3 is 2.37 bits per heavy atom. The number of amides is 1. The van der Waals surface area contributed by atoms with Gasteiger partial charge in [-0.15, -0.1) is 0 Å². The van der Waals surface area contributed by atoms with Crippen LogP contribution in [0.15, 0.2) is 54.6 Å². The molecule has 0 aliphatic heterocycles. The van der Waals surface area contributed by atoms with Crippen LogP contribution in [0.5, 0.6) is 5.75 Å². The van der Waals surface area contributed by atoms with E-state index in [9.17, 15) is 4.79 Å². The van der Waals surface area contributed by atoms with E-state index in [0.29, 0.717) is 18.2 Å². The summed E-state index contributed by atoms with van der Waals surface area (Å²) < 4.78 is 5.16. The van der Waals surface area contributed by atoms with Crippen LogP contribution in [0.1, 0.15) is 27.3 Å². The summed E-state index contributed by atoms with van der Waals surface area (Å²) in [5.74, 6) is 0.956. The van der Waals surface area contributed by atoms with Crippen LogP contribution < -0.4 is 15.4 Å². The number of nitrogens with one attached hydrogen (secondary N) is 2. The van der Waals surface area contributed by atoms with Gasteiger partial charge in [-0.2, -0.15) is 0 Å². The number of benzene rings is 2. The van der Waals surface area contributed by atoms with Crippen LogP contribution >= 0.6 is 0 Å². The molecule has 0 unspecified atom stereocenters. The second-order valence-electron chi connectivity index (χ2n) is 6.24. The van der Waals surface area contributed by atoms with E-state index in [1.807, 2.05) is 62.4 Å². The molecule has 27 heavy (non-hydrogen) atoms. The Balaban J connectivity index is 1.69. The van der Waals surface area contributed by atoms with Gasteiger partial charge >= 0.3 is 0 Å². The summed E-state index contributed by atoms with van der Waals surface area (Å²) in [6.45, 7) is 4.38. The van der Waals surface area contributed by atoms with Crippen molar-refractivity contribution in [1.82, 2.24) is 9.97 Å². The Hall–Kier alpha value is -3.41. The number of carbonyl (C=O) groups excluding carboxylic acids is 1. The zero-order valence-electron chi connectivity index (χ0n) is 15.6. The highest BCUT2D eigenvalue weighted by molar-refractivity contribution is 6.03. The largest absolute Gasteiger partial charge is 0.497 e. The minimum atomic E-state index is -0.267. The van der Waals surface area contributed by atoms with Crippen molar-refractivity contribution < 1.29 is 9.53 Å². The van der Waals surface area contributed by atoms with Crippen LogP contribution in [-0.2, 0) is 6.54 Å². The third-order valence-corrected chi connectivity index (χ3v) is 4.01. The lowest BCUT2D eigenvalue weighted by Gasteiger charge is -2.09. The maximum absolute atomic E-state index is 12.5. The number of hydrogen-bond acceptors (Lipinski definition) is 5. The minimum absolute atomic E-state index is 0.267. The monoisotopic (exact) mass is 362 g/mol. The molecule has 0 aliphatic carbocycles. The summed E-state index contributed by atoms with van der Waals surface area (Å²) in [5.41, 5.74) is 3.97. The van der Waals surface area contributed by atoms with Crippen LogP contribution in [0, 0.1) is 13.8 Å². The van der Waals surface area contributed by atoms with Crippen LogP contribution in [0.3, 0.4) is 0 Å². The van der Waals surface area contributed by atoms with Gasteiger partial charge in [0.1, 0.15) is 11.4 Å². The fraction of sp³-hybridized carbons (Fsp3) is 0.190. The topological polar surface area (TPSA) is 76.1 Å². The molecule has 138 valence electrons. The number of methoxy groups -OCH3 is 1. The number of carbonyl (C=O) groups is 1. The molecule has 1 aromatic heterocycles. The van der Waals surface area contributed by atoms with Gasteiger partial charge in [-0.05, 0) is 49.7 Å². The van der Waals surface area contributed by atoms with Crippen LogP contribution in [-0.4, -0.2) is 23.0 Å². The maximum atomic E-state index is 12.5. The van der Waals surface area contributed by atoms with E-state index in [1.54, 1.807) is 13.2 Å². The van der Waals surface area contributed by atoms with Gasteiger partial charge in [-0.3, -0.25) is 4.79 Å². The van der Waals surface area contributed by atoms with E-state index in [1.165, 1.54) is 0 Å². The lowest BCUT2D eigenvalue weighted by molar-refractivity contribution is 0.102. The summed E-state index contributed by atoms with van der Waals surface area (Å²) in [5, 5.41) is 6.02. The molecule has 0 spiro atoms. The first-order valence-corrected chi connectivity index (χ1v) is 8.64. The molecule has 0 fully saturated rings. The fourth-order valence-corrected chi connectivity index (χ4v) is 2.52. The van der Waals surface area contributed by atoms with Gasteiger partial charge in [-0.25, -0.2) is 9.97 Å². The van der Waals surface area contributed by atoms with Crippen molar-refractivity contribution in [2.45, 2.75) is 20.4 Å². The number of hydrogen-bond donors (Lipinski definition) is 2. The highest BCUT2D eigenvalue weighted by Gasteiger charge is 2.11. The summed E-state index contributed by atoms with van der Waals surface area (Å²) in [4.78, 5) is 21.2. The molecule has 0 aliphatic rings. The van der Waals surface area contributed by atoms with Gasteiger partial charge in [0.25, 0.3) is 5.91 Å². The SMILES string of the molecule is COc1ccc(CNc2nc(C)cc(C(=O)Nc3ccc(C)cc3)n2)cc1. The van der Waals surface area contributed by atoms with Gasteiger partial charge in [0.2, 0.25) is 5.95 Å². The quantitative estimate of drug-likeness (QED) is 0.694. The average Bonchev–Trinajstić information content (AvgIpc) is 2.68. The number of anilines is 2. The smallest absolute Gasteiger partial charge is 0.274 e. The Kier molecular flexibility index (Phi) is 5.66. The van der Waals surface area contributed by atoms with E-state index < -0.39 is 0 Å². The molecule has 2 aromatic carbocycles. The first-order chi connectivity index (χ1) is 13.0. The fourth-order valence-electron chi connectivity index (χ4n) is 2.52. The average molecular weight is 362 g/mol. The Morgan fingerprint density at radius 2 is 1.70 bits per heavy atom. The molecule has 0 radical (unpaired) electrons. The van der Waals surface area contributed by atoms with Gasteiger partial charge in [-0.1, -0.05) is 29.8 Å². The van der Waals surface area contributed by atoms with Crippen LogP contribution in [0.25, 0.3) is 0 Å². The van der Waals surface area contributed by atoms with Gasteiger partial charge < -0.3 is 15.4 Å². The van der Waals surface area contributed by atoms with E-state index in [2.05, 4.69) is 20.6 Å². The van der Waals surface area contributed by atoms with E-state index >= 15 is 0 Å². The molecule has 0 saturated carbocycles. The molecular formula is C21H22N4O2. The second-order valence-corrected chi connectivity index (χ2v) is 6.24. The number of nitrogens with zero attached hydrogens (tertiary/aromatic N) is 2. The highest BCUT2D eigenvalue weighted by atomic mass is 16.5. The molecule has 0 atom stereocenters. The molecule has 3 rings (SSSR count). The van der Waals surface area contributed by atoms with Gasteiger partial charge in [0.05, 0.1) is 7.11 Å². The molecular weight excluding hydrogens is 340 g/mol. The van der Waals surface area contributed by atoms with Crippen molar-refractivity contribution in [3.05, 3.63) is 77.1 Å². The molecule has 0 bridgehead atoms. The zero-order chi connectivity index (χ0) is 19.2. The molecule has 6 heteroatoms. The first-order valence-electron chi connectivity index (χ1n) is 8.64. The summed E-state index contributed by atoms with van der Waals surface area (Å²) in [7, 11) is 1.64. The standard InChI is InChI=1S/C21H22N4O2/c1-14-4-8-17(9-5-14)24-20(26)19-12-15(2)23-21(25-19)22-13-16-6-10-18(27-3)11-7-16/h4-12H,13H2,1-3H3,(H,24,26)(H,22,23,25). The predicted octanol–water partition coefficient (Wildman–Crippen LogP) is 3.97.